The molecule has 0 aliphatic heterocycles. The van der Waals surface area contributed by atoms with Crippen molar-refractivity contribution in [1.82, 2.24) is 0 Å². The molecule has 0 aromatic heterocycles. The van der Waals surface area contributed by atoms with Crippen LogP contribution in [-0.4, -0.2) is 27.3 Å². The predicted octanol–water partition coefficient (Wildman–Crippen LogP) is 2.67. The molecule has 0 atom stereocenters. The van der Waals surface area contributed by atoms with E-state index in [1.54, 1.807) is 14.2 Å². The first-order valence-corrected chi connectivity index (χ1v) is 5.66. The van der Waals surface area contributed by atoms with Crippen LogP contribution < -0.4 is 9.47 Å². The maximum Gasteiger partial charge on any atom is 0.305 e. The van der Waals surface area contributed by atoms with Crippen LogP contribution in [0.5, 0.6) is 11.5 Å². The standard InChI is InChI=1S/C14H18O4/c1-16-12-9-8-11(10-13(12)17-2)6-4-5-7-14(15)18-3/h4,6,8-10H,5,7H2,1-3H3/b6-4+. The largest absolute Gasteiger partial charge is 0.493 e. The Kier molecular flexibility index (Phi) is 5.77. The highest BCUT2D eigenvalue weighted by molar-refractivity contribution is 5.69. The second-order valence-corrected chi connectivity index (χ2v) is 3.63. The molecule has 0 bridgehead atoms. The van der Waals surface area contributed by atoms with Gasteiger partial charge in [0, 0.05) is 6.42 Å². The summed E-state index contributed by atoms with van der Waals surface area (Å²) in [6.07, 6.45) is 4.91. The molecule has 4 heteroatoms. The van der Waals surface area contributed by atoms with Crippen LogP contribution in [0.1, 0.15) is 18.4 Å². The van der Waals surface area contributed by atoms with Crippen LogP contribution in [0.25, 0.3) is 6.08 Å². The summed E-state index contributed by atoms with van der Waals surface area (Å²) in [5.41, 5.74) is 0.998. The number of hydrogen-bond donors (Lipinski definition) is 0. The molecule has 0 aliphatic carbocycles. The van der Waals surface area contributed by atoms with Gasteiger partial charge >= 0.3 is 5.97 Å². The van der Waals surface area contributed by atoms with Crippen LogP contribution in [0.2, 0.25) is 0 Å². The van der Waals surface area contributed by atoms with E-state index in [2.05, 4.69) is 4.74 Å². The van der Waals surface area contributed by atoms with E-state index in [-0.39, 0.29) is 5.97 Å². The van der Waals surface area contributed by atoms with Crippen molar-refractivity contribution >= 4 is 12.0 Å². The van der Waals surface area contributed by atoms with Gasteiger partial charge < -0.3 is 14.2 Å². The quantitative estimate of drug-likeness (QED) is 0.728. The van der Waals surface area contributed by atoms with Gasteiger partial charge in [-0.15, -0.1) is 0 Å². The van der Waals surface area contributed by atoms with E-state index in [1.165, 1.54) is 7.11 Å². The van der Waals surface area contributed by atoms with Gasteiger partial charge in [-0.2, -0.15) is 0 Å². The summed E-state index contributed by atoms with van der Waals surface area (Å²) in [5, 5.41) is 0. The average molecular weight is 250 g/mol. The molecule has 0 N–H and O–H groups in total. The van der Waals surface area contributed by atoms with Crippen molar-refractivity contribution in [1.29, 1.82) is 0 Å². The van der Waals surface area contributed by atoms with E-state index in [0.717, 1.165) is 5.56 Å². The number of benzene rings is 1. The van der Waals surface area contributed by atoms with Gasteiger partial charge in [-0.3, -0.25) is 4.79 Å². The van der Waals surface area contributed by atoms with Crippen molar-refractivity contribution in [2.24, 2.45) is 0 Å². The lowest BCUT2D eigenvalue weighted by molar-refractivity contribution is -0.140. The lowest BCUT2D eigenvalue weighted by atomic mass is 10.1. The van der Waals surface area contributed by atoms with E-state index < -0.39 is 0 Å². The summed E-state index contributed by atoms with van der Waals surface area (Å²) in [7, 11) is 4.59. The minimum absolute atomic E-state index is 0.202. The van der Waals surface area contributed by atoms with Crippen LogP contribution in [-0.2, 0) is 9.53 Å². The summed E-state index contributed by atoms with van der Waals surface area (Å²) in [6.45, 7) is 0. The molecular weight excluding hydrogens is 232 g/mol. The zero-order valence-corrected chi connectivity index (χ0v) is 10.9. The van der Waals surface area contributed by atoms with Crippen LogP contribution in [0.4, 0.5) is 0 Å². The van der Waals surface area contributed by atoms with Crippen LogP contribution in [0.15, 0.2) is 24.3 Å². The number of carbonyl (C=O) groups excluding carboxylic acids is 1. The monoisotopic (exact) mass is 250 g/mol. The number of methoxy groups -OCH3 is 3. The highest BCUT2D eigenvalue weighted by Crippen LogP contribution is 2.27. The minimum atomic E-state index is -0.202. The van der Waals surface area contributed by atoms with Gasteiger partial charge in [0.05, 0.1) is 21.3 Å². The zero-order chi connectivity index (χ0) is 13.4. The van der Waals surface area contributed by atoms with Gasteiger partial charge in [0.15, 0.2) is 11.5 Å². The second kappa shape index (κ2) is 7.37. The van der Waals surface area contributed by atoms with Gasteiger partial charge in [0.2, 0.25) is 0 Å². The highest BCUT2D eigenvalue weighted by atomic mass is 16.5. The molecule has 1 aromatic rings. The number of allylic oxidation sites excluding steroid dienone is 1. The van der Waals surface area contributed by atoms with Crippen LogP contribution >= 0.6 is 0 Å². The summed E-state index contributed by atoms with van der Waals surface area (Å²) in [6, 6.07) is 5.66. The normalized spacial score (nSPS) is 10.4. The molecule has 0 saturated carbocycles. The number of carbonyl (C=O) groups is 1. The molecule has 1 rings (SSSR count). The third-order valence-electron chi connectivity index (χ3n) is 2.46. The number of esters is 1. The molecular formula is C14H18O4. The second-order valence-electron chi connectivity index (χ2n) is 3.63. The van der Waals surface area contributed by atoms with E-state index in [0.29, 0.717) is 24.3 Å². The number of hydrogen-bond acceptors (Lipinski definition) is 4. The fraction of sp³-hybridized carbons (Fsp3) is 0.357. The van der Waals surface area contributed by atoms with Crippen molar-refractivity contribution in [3.8, 4) is 11.5 Å². The lowest BCUT2D eigenvalue weighted by Crippen LogP contribution is -1.97. The van der Waals surface area contributed by atoms with Crippen molar-refractivity contribution in [3.63, 3.8) is 0 Å². The van der Waals surface area contributed by atoms with E-state index in [1.807, 2.05) is 30.4 Å². The fourth-order valence-corrected chi connectivity index (χ4v) is 1.48. The Morgan fingerprint density at radius 3 is 2.50 bits per heavy atom. The Morgan fingerprint density at radius 1 is 1.17 bits per heavy atom. The third-order valence-corrected chi connectivity index (χ3v) is 2.46. The number of rotatable bonds is 6. The summed E-state index contributed by atoms with van der Waals surface area (Å²) >= 11 is 0. The van der Waals surface area contributed by atoms with Crippen molar-refractivity contribution in [2.75, 3.05) is 21.3 Å². The highest BCUT2D eigenvalue weighted by Gasteiger charge is 2.02. The van der Waals surface area contributed by atoms with Gasteiger partial charge in [0.25, 0.3) is 0 Å². The molecule has 0 radical (unpaired) electrons. The number of ether oxygens (including phenoxy) is 3. The van der Waals surface area contributed by atoms with Gasteiger partial charge in [-0.25, -0.2) is 0 Å². The fourth-order valence-electron chi connectivity index (χ4n) is 1.48. The third kappa shape index (κ3) is 4.13. The molecule has 0 fully saturated rings. The molecule has 98 valence electrons. The first-order chi connectivity index (χ1) is 8.71. The lowest BCUT2D eigenvalue weighted by Gasteiger charge is -2.07. The zero-order valence-electron chi connectivity index (χ0n) is 10.9. The van der Waals surface area contributed by atoms with Crippen molar-refractivity contribution in [2.45, 2.75) is 12.8 Å². The van der Waals surface area contributed by atoms with Gasteiger partial charge in [-0.05, 0) is 24.1 Å². The summed E-state index contributed by atoms with van der Waals surface area (Å²) < 4.78 is 14.9. The van der Waals surface area contributed by atoms with Crippen LogP contribution in [0, 0.1) is 0 Å². The Hall–Kier alpha value is -1.97. The Morgan fingerprint density at radius 2 is 1.89 bits per heavy atom. The molecule has 0 heterocycles. The first-order valence-electron chi connectivity index (χ1n) is 5.66. The van der Waals surface area contributed by atoms with E-state index in [9.17, 15) is 4.79 Å². The molecule has 1 aromatic carbocycles. The topological polar surface area (TPSA) is 44.8 Å². The first kappa shape index (κ1) is 14.1. The molecule has 4 nitrogen and oxygen atoms in total. The van der Waals surface area contributed by atoms with E-state index in [4.69, 9.17) is 9.47 Å². The maximum absolute atomic E-state index is 10.9. The van der Waals surface area contributed by atoms with Gasteiger partial charge in [-0.1, -0.05) is 18.2 Å². The smallest absolute Gasteiger partial charge is 0.305 e. The molecule has 0 unspecified atom stereocenters. The molecule has 0 spiro atoms. The summed E-state index contributed by atoms with van der Waals surface area (Å²) in [5.74, 6) is 1.18. The van der Waals surface area contributed by atoms with Crippen molar-refractivity contribution in [3.05, 3.63) is 29.8 Å². The van der Waals surface area contributed by atoms with Crippen LogP contribution in [0.3, 0.4) is 0 Å². The predicted molar refractivity (Wildman–Crippen MR) is 69.8 cm³/mol. The molecule has 0 amide bonds. The molecule has 18 heavy (non-hydrogen) atoms. The van der Waals surface area contributed by atoms with Crippen molar-refractivity contribution < 1.29 is 19.0 Å². The maximum atomic E-state index is 10.9. The summed E-state index contributed by atoms with van der Waals surface area (Å²) in [4.78, 5) is 10.9. The van der Waals surface area contributed by atoms with Gasteiger partial charge in [0.1, 0.15) is 0 Å². The molecule has 0 saturated heterocycles. The Labute approximate surface area is 107 Å². The average Bonchev–Trinajstić information content (AvgIpc) is 2.42. The Bertz CT molecular complexity index is 424. The SMILES string of the molecule is COC(=O)CC/C=C/c1ccc(OC)c(OC)c1. The minimum Gasteiger partial charge on any atom is -0.493 e. The Balaban J connectivity index is 2.62. The van der Waals surface area contributed by atoms with E-state index >= 15 is 0 Å². The molecule has 0 aliphatic rings.